The van der Waals surface area contributed by atoms with E-state index < -0.39 is 15.7 Å². The monoisotopic (exact) mass is 268 g/mol. The van der Waals surface area contributed by atoms with Crippen LogP contribution >= 0.6 is 0 Å². The molecule has 2 rings (SSSR count). The van der Waals surface area contributed by atoms with Gasteiger partial charge in [0.25, 0.3) is 0 Å². The van der Waals surface area contributed by atoms with Gasteiger partial charge >= 0.3 is 0 Å². The SMILES string of the molecule is Cc1c(NC2CCS(=O)(=O)C2)cccc1C(N)=O. The Labute approximate surface area is 106 Å². The number of benzene rings is 1. The standard InChI is InChI=1S/C12H16N2O3S/c1-8-10(12(13)15)3-2-4-11(8)14-9-5-6-18(16,17)7-9/h2-4,9,14H,5-7H2,1H3,(H2,13,15). The summed E-state index contributed by atoms with van der Waals surface area (Å²) in [6.45, 7) is 1.80. The molecule has 1 atom stereocenters. The van der Waals surface area contributed by atoms with Crippen molar-refractivity contribution in [1.29, 1.82) is 0 Å². The highest BCUT2D eigenvalue weighted by Crippen LogP contribution is 2.22. The number of carbonyl (C=O) groups is 1. The van der Waals surface area contributed by atoms with Crippen molar-refractivity contribution < 1.29 is 13.2 Å². The highest BCUT2D eigenvalue weighted by atomic mass is 32.2. The van der Waals surface area contributed by atoms with Gasteiger partial charge in [-0.1, -0.05) is 6.07 Å². The number of hydrogen-bond acceptors (Lipinski definition) is 4. The zero-order chi connectivity index (χ0) is 13.3. The van der Waals surface area contributed by atoms with Gasteiger partial charge in [-0.25, -0.2) is 8.42 Å². The molecule has 1 unspecified atom stereocenters. The predicted octanol–water partition coefficient (Wildman–Crippen LogP) is 0.693. The molecular formula is C12H16N2O3S. The fourth-order valence-corrected chi connectivity index (χ4v) is 3.86. The zero-order valence-electron chi connectivity index (χ0n) is 10.1. The third-order valence-electron chi connectivity index (χ3n) is 3.19. The van der Waals surface area contributed by atoms with Gasteiger partial charge in [0, 0.05) is 17.3 Å². The molecule has 0 spiro atoms. The van der Waals surface area contributed by atoms with Crippen molar-refractivity contribution in [2.75, 3.05) is 16.8 Å². The summed E-state index contributed by atoms with van der Waals surface area (Å²) in [6.07, 6.45) is 0.600. The lowest BCUT2D eigenvalue weighted by atomic mass is 10.1. The van der Waals surface area contributed by atoms with Crippen molar-refractivity contribution in [1.82, 2.24) is 0 Å². The molecule has 3 N–H and O–H groups in total. The predicted molar refractivity (Wildman–Crippen MR) is 70.4 cm³/mol. The van der Waals surface area contributed by atoms with Crippen LogP contribution in [-0.2, 0) is 9.84 Å². The number of hydrogen-bond donors (Lipinski definition) is 2. The number of sulfone groups is 1. The molecule has 98 valence electrons. The number of amides is 1. The van der Waals surface area contributed by atoms with Crippen molar-refractivity contribution in [2.24, 2.45) is 5.73 Å². The first-order valence-electron chi connectivity index (χ1n) is 5.75. The maximum atomic E-state index is 11.4. The van der Waals surface area contributed by atoms with E-state index >= 15 is 0 Å². The molecule has 0 radical (unpaired) electrons. The Morgan fingerprint density at radius 3 is 2.72 bits per heavy atom. The second-order valence-corrected chi connectivity index (χ2v) is 6.82. The summed E-state index contributed by atoms with van der Waals surface area (Å²) < 4.78 is 22.8. The third-order valence-corrected chi connectivity index (χ3v) is 4.96. The minimum atomic E-state index is -2.91. The smallest absolute Gasteiger partial charge is 0.249 e. The van der Waals surface area contributed by atoms with Gasteiger partial charge in [-0.05, 0) is 31.0 Å². The molecule has 0 saturated carbocycles. The molecule has 1 amide bonds. The van der Waals surface area contributed by atoms with Gasteiger partial charge in [0.1, 0.15) is 0 Å². The second kappa shape index (κ2) is 4.61. The Kier molecular flexibility index (Phi) is 3.30. The summed E-state index contributed by atoms with van der Waals surface area (Å²) in [4.78, 5) is 11.2. The fourth-order valence-electron chi connectivity index (χ4n) is 2.19. The molecule has 6 heteroatoms. The summed E-state index contributed by atoms with van der Waals surface area (Å²) >= 11 is 0. The average molecular weight is 268 g/mol. The third kappa shape index (κ3) is 2.64. The van der Waals surface area contributed by atoms with Gasteiger partial charge in [0.15, 0.2) is 9.84 Å². The van der Waals surface area contributed by atoms with E-state index in [1.54, 1.807) is 19.1 Å². The first-order chi connectivity index (χ1) is 8.39. The molecular weight excluding hydrogens is 252 g/mol. The molecule has 0 aromatic heterocycles. The van der Waals surface area contributed by atoms with Gasteiger partial charge < -0.3 is 11.1 Å². The number of nitrogens with one attached hydrogen (secondary N) is 1. The molecule has 1 fully saturated rings. The molecule has 0 aliphatic carbocycles. The van der Waals surface area contributed by atoms with Gasteiger partial charge in [-0.15, -0.1) is 0 Å². The van der Waals surface area contributed by atoms with Crippen LogP contribution in [0.1, 0.15) is 22.3 Å². The maximum Gasteiger partial charge on any atom is 0.249 e. The molecule has 1 aromatic rings. The van der Waals surface area contributed by atoms with E-state index in [0.29, 0.717) is 12.0 Å². The number of primary amides is 1. The minimum absolute atomic E-state index is 0.0863. The molecule has 1 saturated heterocycles. The van der Waals surface area contributed by atoms with Crippen LogP contribution in [0.2, 0.25) is 0 Å². The normalized spacial score (nSPS) is 21.7. The van der Waals surface area contributed by atoms with Crippen molar-refractivity contribution in [2.45, 2.75) is 19.4 Å². The molecule has 5 nitrogen and oxygen atoms in total. The largest absolute Gasteiger partial charge is 0.381 e. The number of carbonyl (C=O) groups excluding carboxylic acids is 1. The molecule has 0 bridgehead atoms. The van der Waals surface area contributed by atoms with Crippen LogP contribution in [0.4, 0.5) is 5.69 Å². The van der Waals surface area contributed by atoms with E-state index in [-0.39, 0.29) is 17.5 Å². The summed E-state index contributed by atoms with van der Waals surface area (Å²) in [7, 11) is -2.91. The quantitative estimate of drug-likeness (QED) is 0.844. The topological polar surface area (TPSA) is 89.3 Å². The minimum Gasteiger partial charge on any atom is -0.381 e. The van der Waals surface area contributed by atoms with Crippen LogP contribution in [0.5, 0.6) is 0 Å². The number of rotatable bonds is 3. The molecule has 18 heavy (non-hydrogen) atoms. The van der Waals surface area contributed by atoms with Crippen LogP contribution < -0.4 is 11.1 Å². The second-order valence-electron chi connectivity index (χ2n) is 4.59. The Bertz CT molecular complexity index is 581. The molecule has 1 aliphatic rings. The zero-order valence-corrected chi connectivity index (χ0v) is 11.0. The number of nitrogens with two attached hydrogens (primary N) is 1. The Morgan fingerprint density at radius 1 is 1.44 bits per heavy atom. The average Bonchev–Trinajstić information content (AvgIpc) is 2.61. The molecule has 1 aliphatic heterocycles. The summed E-state index contributed by atoms with van der Waals surface area (Å²) in [5.74, 6) is -0.109. The van der Waals surface area contributed by atoms with Crippen molar-refractivity contribution in [3.05, 3.63) is 29.3 Å². The lowest BCUT2D eigenvalue weighted by Gasteiger charge is -2.16. The summed E-state index contributed by atoms with van der Waals surface area (Å²) in [5.41, 5.74) is 7.26. The lowest BCUT2D eigenvalue weighted by molar-refractivity contribution is 0.0999. The summed E-state index contributed by atoms with van der Waals surface area (Å²) in [5, 5.41) is 3.17. The van der Waals surface area contributed by atoms with Crippen LogP contribution in [0.25, 0.3) is 0 Å². The van der Waals surface area contributed by atoms with E-state index in [1.807, 2.05) is 6.07 Å². The van der Waals surface area contributed by atoms with Gasteiger partial charge in [-0.3, -0.25) is 4.79 Å². The van der Waals surface area contributed by atoms with Gasteiger partial charge in [-0.2, -0.15) is 0 Å². The highest BCUT2D eigenvalue weighted by molar-refractivity contribution is 7.91. The summed E-state index contributed by atoms with van der Waals surface area (Å²) in [6, 6.07) is 5.14. The van der Waals surface area contributed by atoms with Gasteiger partial charge in [0.05, 0.1) is 11.5 Å². The number of anilines is 1. The first kappa shape index (κ1) is 12.9. The van der Waals surface area contributed by atoms with Crippen molar-refractivity contribution >= 4 is 21.4 Å². The molecule has 1 heterocycles. The Morgan fingerprint density at radius 2 is 2.17 bits per heavy atom. The first-order valence-corrected chi connectivity index (χ1v) is 7.57. The van der Waals surface area contributed by atoms with Crippen LogP contribution in [0, 0.1) is 6.92 Å². The van der Waals surface area contributed by atoms with Crippen LogP contribution in [0.3, 0.4) is 0 Å². The Hall–Kier alpha value is -1.56. The Balaban J connectivity index is 2.20. The fraction of sp³-hybridized carbons (Fsp3) is 0.417. The van der Waals surface area contributed by atoms with Crippen LogP contribution in [-0.4, -0.2) is 31.9 Å². The van der Waals surface area contributed by atoms with E-state index in [2.05, 4.69) is 5.32 Å². The van der Waals surface area contributed by atoms with E-state index in [0.717, 1.165) is 11.3 Å². The maximum absolute atomic E-state index is 11.4. The van der Waals surface area contributed by atoms with E-state index in [4.69, 9.17) is 5.73 Å². The highest BCUT2D eigenvalue weighted by Gasteiger charge is 2.28. The molecule has 1 aromatic carbocycles. The van der Waals surface area contributed by atoms with Crippen molar-refractivity contribution in [3.8, 4) is 0 Å². The lowest BCUT2D eigenvalue weighted by Crippen LogP contribution is -2.22. The van der Waals surface area contributed by atoms with Gasteiger partial charge in [0.2, 0.25) is 5.91 Å². The van der Waals surface area contributed by atoms with Crippen molar-refractivity contribution in [3.63, 3.8) is 0 Å². The van der Waals surface area contributed by atoms with E-state index in [1.165, 1.54) is 0 Å². The van der Waals surface area contributed by atoms with Crippen LogP contribution in [0.15, 0.2) is 18.2 Å². The van der Waals surface area contributed by atoms with E-state index in [9.17, 15) is 13.2 Å².